The van der Waals surface area contributed by atoms with Gasteiger partial charge in [-0.05, 0) is 0 Å². The number of hydrogen-bond acceptors (Lipinski definition) is 8. The molecule has 2 rings (SSSR count). The van der Waals surface area contributed by atoms with Crippen LogP contribution in [-0.2, 0) is 38.1 Å². The molecular formula is C14H16O10. The molecule has 0 aromatic heterocycles. The van der Waals surface area contributed by atoms with Crippen molar-refractivity contribution in [1.29, 1.82) is 0 Å². The second-order valence-corrected chi connectivity index (χ2v) is 5.16. The third kappa shape index (κ3) is 4.77. The molecule has 10 nitrogen and oxygen atoms in total. The van der Waals surface area contributed by atoms with Gasteiger partial charge in [-0.2, -0.15) is 0 Å². The number of carbonyl (C=O) groups excluding carboxylic acids is 2. The third-order valence-electron chi connectivity index (χ3n) is 3.42. The predicted octanol–water partition coefficient (Wildman–Crippen LogP) is -0.887. The normalized spacial score (nSPS) is 28.5. The number of esters is 2. The van der Waals surface area contributed by atoms with E-state index in [4.69, 9.17) is 29.2 Å². The molecule has 0 saturated carbocycles. The molecule has 2 saturated heterocycles. The van der Waals surface area contributed by atoms with Crippen LogP contribution < -0.4 is 0 Å². The number of carbonyl (C=O) groups is 4. The number of ether oxygens (including phenoxy) is 4. The zero-order valence-electron chi connectivity index (χ0n) is 12.5. The number of fused-ring (bicyclic) bond motifs is 1. The summed E-state index contributed by atoms with van der Waals surface area (Å²) in [5.74, 6) is -3.92. The van der Waals surface area contributed by atoms with Crippen LogP contribution in [0.25, 0.3) is 0 Å². The molecule has 0 amide bonds. The van der Waals surface area contributed by atoms with Gasteiger partial charge in [0.1, 0.15) is 12.2 Å². The van der Waals surface area contributed by atoms with Crippen LogP contribution in [0.15, 0.2) is 12.2 Å². The predicted molar refractivity (Wildman–Crippen MR) is 72.9 cm³/mol. The van der Waals surface area contributed by atoms with Crippen LogP contribution in [0.2, 0.25) is 0 Å². The largest absolute Gasteiger partial charge is 0.481 e. The first-order chi connectivity index (χ1) is 11.4. The molecule has 2 heterocycles. The van der Waals surface area contributed by atoms with Crippen LogP contribution in [0, 0.1) is 0 Å². The van der Waals surface area contributed by atoms with E-state index in [2.05, 4.69) is 0 Å². The van der Waals surface area contributed by atoms with Crippen molar-refractivity contribution in [3.05, 3.63) is 12.2 Å². The molecule has 0 aromatic rings. The summed E-state index contributed by atoms with van der Waals surface area (Å²) in [6.45, 7) is 0.0539. The van der Waals surface area contributed by atoms with Gasteiger partial charge in [0.2, 0.25) is 0 Å². The van der Waals surface area contributed by atoms with Gasteiger partial charge in [-0.3, -0.25) is 9.59 Å². The van der Waals surface area contributed by atoms with Gasteiger partial charge in [-0.25, -0.2) is 9.59 Å². The Morgan fingerprint density at radius 2 is 1.50 bits per heavy atom. The summed E-state index contributed by atoms with van der Waals surface area (Å²) < 4.78 is 21.0. The Bertz CT molecular complexity index is 554. The van der Waals surface area contributed by atoms with Crippen molar-refractivity contribution in [1.82, 2.24) is 0 Å². The molecule has 0 aromatic carbocycles. The number of rotatable bonds is 7. The van der Waals surface area contributed by atoms with Crippen LogP contribution in [-0.4, -0.2) is 71.7 Å². The second kappa shape index (κ2) is 7.88. The molecule has 24 heavy (non-hydrogen) atoms. The SMILES string of the molecule is O=C(O)/C=C\C(=O)O[C@@H]1CO[C@H]2[C@@H]1OC[C@@H]2OC(=O)CCC(=O)O. The Morgan fingerprint density at radius 3 is 2.04 bits per heavy atom. The maximum absolute atomic E-state index is 11.6. The zero-order chi connectivity index (χ0) is 17.7. The summed E-state index contributed by atoms with van der Waals surface area (Å²) in [6, 6.07) is 0. The van der Waals surface area contributed by atoms with E-state index in [9.17, 15) is 19.2 Å². The summed E-state index contributed by atoms with van der Waals surface area (Å²) in [6.07, 6.45) is -1.89. The van der Waals surface area contributed by atoms with E-state index in [1.54, 1.807) is 0 Å². The van der Waals surface area contributed by atoms with Crippen molar-refractivity contribution >= 4 is 23.9 Å². The number of aliphatic carboxylic acids is 2. The lowest BCUT2D eigenvalue weighted by molar-refractivity contribution is -0.156. The zero-order valence-corrected chi connectivity index (χ0v) is 12.5. The molecule has 0 unspecified atom stereocenters. The van der Waals surface area contributed by atoms with Gasteiger partial charge in [-0.1, -0.05) is 0 Å². The molecule has 0 aliphatic carbocycles. The fourth-order valence-corrected chi connectivity index (χ4v) is 2.40. The van der Waals surface area contributed by atoms with Crippen LogP contribution >= 0.6 is 0 Å². The van der Waals surface area contributed by atoms with Crippen LogP contribution in [0.4, 0.5) is 0 Å². The van der Waals surface area contributed by atoms with Crippen LogP contribution in [0.5, 0.6) is 0 Å². The Labute approximate surface area is 135 Å². The monoisotopic (exact) mass is 344 g/mol. The molecule has 2 N–H and O–H groups in total. The van der Waals surface area contributed by atoms with E-state index in [1.807, 2.05) is 0 Å². The standard InChI is InChI=1S/C14H16O10/c15-9(16)1-3-11(19)23-7-5-21-14-8(6-22-13(7)14)24-12(20)4-2-10(17)18/h1,3,7-8,13-14H,2,4-6H2,(H,15,16)(H,17,18)/b3-1-/t7-,8+,13-,14-/m1/s1. The minimum absolute atomic E-state index is 0.0190. The van der Waals surface area contributed by atoms with Crippen molar-refractivity contribution in [3.63, 3.8) is 0 Å². The summed E-state index contributed by atoms with van der Waals surface area (Å²) in [4.78, 5) is 43.8. The highest BCUT2D eigenvalue weighted by Crippen LogP contribution is 2.30. The first-order valence-corrected chi connectivity index (χ1v) is 7.13. The summed E-state index contributed by atoms with van der Waals surface area (Å²) >= 11 is 0. The minimum atomic E-state index is -1.28. The van der Waals surface area contributed by atoms with Crippen LogP contribution in [0.1, 0.15) is 12.8 Å². The van der Waals surface area contributed by atoms with E-state index in [0.29, 0.717) is 6.08 Å². The molecular weight excluding hydrogens is 328 g/mol. The number of carboxylic acid groups (broad SMARTS) is 2. The highest BCUT2D eigenvalue weighted by Gasteiger charge is 2.51. The summed E-state index contributed by atoms with van der Waals surface area (Å²) in [7, 11) is 0. The van der Waals surface area contributed by atoms with E-state index < -0.39 is 48.3 Å². The van der Waals surface area contributed by atoms with Gasteiger partial charge in [0, 0.05) is 12.2 Å². The first-order valence-electron chi connectivity index (χ1n) is 7.13. The molecule has 0 radical (unpaired) electrons. The lowest BCUT2D eigenvalue weighted by Gasteiger charge is -2.16. The molecule has 2 aliphatic rings. The van der Waals surface area contributed by atoms with Gasteiger partial charge in [-0.15, -0.1) is 0 Å². The molecule has 2 fully saturated rings. The maximum atomic E-state index is 11.6. The van der Waals surface area contributed by atoms with E-state index in [1.165, 1.54) is 0 Å². The quantitative estimate of drug-likeness (QED) is 0.440. The third-order valence-corrected chi connectivity index (χ3v) is 3.42. The van der Waals surface area contributed by atoms with Crippen molar-refractivity contribution in [2.75, 3.05) is 13.2 Å². The molecule has 10 heteroatoms. The lowest BCUT2D eigenvalue weighted by atomic mass is 10.1. The topological polar surface area (TPSA) is 146 Å². The van der Waals surface area contributed by atoms with Crippen molar-refractivity contribution < 1.29 is 48.3 Å². The minimum Gasteiger partial charge on any atom is -0.481 e. The fraction of sp³-hybridized carbons (Fsp3) is 0.571. The van der Waals surface area contributed by atoms with Gasteiger partial charge in [0.15, 0.2) is 12.2 Å². The van der Waals surface area contributed by atoms with Gasteiger partial charge < -0.3 is 29.2 Å². The summed E-state index contributed by atoms with van der Waals surface area (Å²) in [5, 5.41) is 17.0. The van der Waals surface area contributed by atoms with Crippen molar-refractivity contribution in [2.45, 2.75) is 37.3 Å². The van der Waals surface area contributed by atoms with Gasteiger partial charge in [0.25, 0.3) is 0 Å². The smallest absolute Gasteiger partial charge is 0.331 e. The highest BCUT2D eigenvalue weighted by atomic mass is 16.7. The molecule has 4 atom stereocenters. The second-order valence-electron chi connectivity index (χ2n) is 5.16. The molecule has 0 spiro atoms. The van der Waals surface area contributed by atoms with E-state index in [-0.39, 0.29) is 26.1 Å². The Hall–Kier alpha value is -2.46. The van der Waals surface area contributed by atoms with Crippen molar-refractivity contribution in [2.24, 2.45) is 0 Å². The Morgan fingerprint density at radius 1 is 0.917 bits per heavy atom. The van der Waals surface area contributed by atoms with E-state index in [0.717, 1.165) is 6.08 Å². The number of carboxylic acids is 2. The molecule has 132 valence electrons. The number of hydrogen-bond donors (Lipinski definition) is 2. The average Bonchev–Trinajstić information content (AvgIpc) is 3.07. The van der Waals surface area contributed by atoms with E-state index >= 15 is 0 Å². The van der Waals surface area contributed by atoms with Crippen molar-refractivity contribution in [3.8, 4) is 0 Å². The van der Waals surface area contributed by atoms with Gasteiger partial charge in [0.05, 0.1) is 26.1 Å². The Balaban J connectivity index is 1.83. The summed E-state index contributed by atoms with van der Waals surface area (Å²) in [5.41, 5.74) is 0. The average molecular weight is 344 g/mol. The molecule has 0 bridgehead atoms. The Kier molecular flexibility index (Phi) is 5.88. The highest BCUT2D eigenvalue weighted by molar-refractivity contribution is 5.90. The first kappa shape index (κ1) is 17.9. The molecule has 2 aliphatic heterocycles. The van der Waals surface area contributed by atoms with Crippen LogP contribution in [0.3, 0.4) is 0 Å². The maximum Gasteiger partial charge on any atom is 0.331 e. The fourth-order valence-electron chi connectivity index (χ4n) is 2.40. The lowest BCUT2D eigenvalue weighted by Crippen LogP contribution is -2.35. The van der Waals surface area contributed by atoms with Gasteiger partial charge >= 0.3 is 23.9 Å².